The third-order valence-electron chi connectivity index (χ3n) is 7.73. The van der Waals surface area contributed by atoms with Crippen molar-refractivity contribution in [2.24, 2.45) is 16.2 Å². The molecule has 11 heteroatoms. The van der Waals surface area contributed by atoms with Crippen molar-refractivity contribution in [1.82, 2.24) is 15.0 Å². The van der Waals surface area contributed by atoms with E-state index in [-0.39, 0.29) is 6.04 Å². The summed E-state index contributed by atoms with van der Waals surface area (Å²) in [6, 6.07) is 2.74. The van der Waals surface area contributed by atoms with Crippen LogP contribution in [-0.4, -0.2) is 80.3 Å². The predicted octanol–water partition coefficient (Wildman–Crippen LogP) is 1.51. The number of primary sulfonamides is 1. The molecule has 0 spiro atoms. The first kappa shape index (κ1) is 22.8. The van der Waals surface area contributed by atoms with E-state index in [9.17, 15) is 8.42 Å². The molecule has 0 radical (unpaired) electrons. The van der Waals surface area contributed by atoms with E-state index in [0.29, 0.717) is 43.9 Å². The normalized spacial score (nSPS) is 32.6. The van der Waals surface area contributed by atoms with Crippen LogP contribution in [0.3, 0.4) is 0 Å². The molecule has 5 rings (SSSR count). The van der Waals surface area contributed by atoms with Crippen LogP contribution in [0.15, 0.2) is 11.2 Å². The average Bonchev–Trinajstić information content (AvgIpc) is 3.19. The summed E-state index contributed by atoms with van der Waals surface area (Å²) >= 11 is 0. The van der Waals surface area contributed by atoms with E-state index in [0.717, 1.165) is 62.7 Å². The second-order valence-corrected chi connectivity index (χ2v) is 11.7. The van der Waals surface area contributed by atoms with E-state index in [1.165, 1.54) is 0 Å². The Labute approximate surface area is 196 Å². The first-order chi connectivity index (χ1) is 15.9. The van der Waals surface area contributed by atoms with E-state index in [4.69, 9.17) is 19.8 Å². The Morgan fingerprint density at radius 2 is 1.85 bits per heavy atom. The fourth-order valence-electron chi connectivity index (χ4n) is 5.70. The highest BCUT2D eigenvalue weighted by Gasteiger charge is 2.37. The molecule has 1 aromatic heterocycles. The Kier molecular flexibility index (Phi) is 6.45. The van der Waals surface area contributed by atoms with Crippen molar-refractivity contribution in [1.29, 1.82) is 0 Å². The smallest absolute Gasteiger partial charge is 0.227 e. The number of sulfonamides is 1. The van der Waals surface area contributed by atoms with Crippen LogP contribution in [0.2, 0.25) is 0 Å². The molecule has 1 aromatic rings. The Bertz CT molecular complexity index is 974. The predicted molar refractivity (Wildman–Crippen MR) is 128 cm³/mol. The van der Waals surface area contributed by atoms with Gasteiger partial charge in [0.15, 0.2) is 0 Å². The number of aromatic nitrogens is 2. The summed E-state index contributed by atoms with van der Waals surface area (Å²) in [6.45, 7) is 2.94. The monoisotopic (exact) mass is 477 g/mol. The summed E-state index contributed by atoms with van der Waals surface area (Å²) in [6.07, 6.45) is 8.07. The van der Waals surface area contributed by atoms with Gasteiger partial charge in [-0.05, 0) is 44.9 Å². The van der Waals surface area contributed by atoms with E-state index in [1.54, 1.807) is 0 Å². The molecular weight excluding hydrogens is 442 g/mol. The number of hydrazone groups is 1. The zero-order valence-electron chi connectivity index (χ0n) is 19.3. The summed E-state index contributed by atoms with van der Waals surface area (Å²) in [4.78, 5) is 12.1. The number of hydrogen-bond donors (Lipinski definition) is 2. The molecule has 182 valence electrons. The molecule has 0 aromatic carbocycles. The van der Waals surface area contributed by atoms with Gasteiger partial charge in [-0.25, -0.2) is 18.5 Å². The standard InChI is InChI=1S/C22H35N7O3S/c1-28-20-12-15(2-3-16(20)14-24-28)19-13-21(27-22(26-19)29-8-10-32-11-9-29)25-17-4-6-18(7-5-17)33(23,30)31/h13-18,20H,2-12H2,1H3,(H2,23,30,31)(H,25,26,27). The topological polar surface area (TPSA) is 126 Å². The third kappa shape index (κ3) is 5.09. The zero-order valence-corrected chi connectivity index (χ0v) is 20.1. The molecule has 0 amide bonds. The second kappa shape index (κ2) is 9.34. The minimum absolute atomic E-state index is 0.188. The Morgan fingerprint density at radius 3 is 2.58 bits per heavy atom. The molecule has 33 heavy (non-hydrogen) atoms. The fraction of sp³-hybridized carbons (Fsp3) is 0.773. The number of anilines is 2. The molecule has 3 atom stereocenters. The Balaban J connectivity index is 1.35. The van der Waals surface area contributed by atoms with Crippen LogP contribution in [0.25, 0.3) is 0 Å². The highest BCUT2D eigenvalue weighted by atomic mass is 32.2. The van der Waals surface area contributed by atoms with Gasteiger partial charge in [-0.3, -0.25) is 5.01 Å². The Hall–Kier alpha value is -1.98. The molecule has 3 N–H and O–H groups in total. The summed E-state index contributed by atoms with van der Waals surface area (Å²) in [5, 5.41) is 15.1. The molecule has 3 unspecified atom stereocenters. The van der Waals surface area contributed by atoms with E-state index in [1.807, 2.05) is 0 Å². The minimum Gasteiger partial charge on any atom is -0.378 e. The lowest BCUT2D eigenvalue weighted by Crippen LogP contribution is -2.38. The van der Waals surface area contributed by atoms with Crippen molar-refractivity contribution in [3.63, 3.8) is 0 Å². The van der Waals surface area contributed by atoms with Gasteiger partial charge in [-0.2, -0.15) is 10.1 Å². The zero-order chi connectivity index (χ0) is 23.0. The Morgan fingerprint density at radius 1 is 1.09 bits per heavy atom. The SMILES string of the molecule is CN1N=CC2CCC(c3cc(NC4CCC(S(N)(=O)=O)CC4)nc(N4CCOCC4)n3)CC21. The number of ether oxygens (including phenoxy) is 1. The lowest BCUT2D eigenvalue weighted by molar-refractivity contribution is 0.122. The van der Waals surface area contributed by atoms with Gasteiger partial charge < -0.3 is 15.0 Å². The summed E-state index contributed by atoms with van der Waals surface area (Å²) in [7, 11) is -1.40. The molecule has 2 aliphatic heterocycles. The number of nitrogens with one attached hydrogen (secondary N) is 1. The lowest BCUT2D eigenvalue weighted by Gasteiger charge is -2.35. The van der Waals surface area contributed by atoms with E-state index in [2.05, 4.69) is 39.7 Å². The number of nitrogens with two attached hydrogens (primary N) is 1. The quantitative estimate of drug-likeness (QED) is 0.654. The maximum atomic E-state index is 11.7. The molecule has 4 aliphatic rings. The first-order valence-corrected chi connectivity index (χ1v) is 13.7. The molecule has 3 fully saturated rings. The largest absolute Gasteiger partial charge is 0.378 e. The summed E-state index contributed by atoms with van der Waals surface area (Å²) in [5.74, 6) is 2.50. The van der Waals surface area contributed by atoms with Gasteiger partial charge in [-0.15, -0.1) is 0 Å². The van der Waals surface area contributed by atoms with Gasteiger partial charge >= 0.3 is 0 Å². The maximum absolute atomic E-state index is 11.7. The van der Waals surface area contributed by atoms with Crippen LogP contribution in [-0.2, 0) is 14.8 Å². The van der Waals surface area contributed by atoms with Gasteiger partial charge in [0.1, 0.15) is 5.82 Å². The number of rotatable bonds is 5. The number of nitrogens with zero attached hydrogens (tertiary/aromatic N) is 5. The second-order valence-electron chi connectivity index (χ2n) is 9.86. The number of hydrogen-bond acceptors (Lipinski definition) is 9. The van der Waals surface area contributed by atoms with Crippen molar-refractivity contribution in [2.75, 3.05) is 43.6 Å². The van der Waals surface area contributed by atoms with Crippen molar-refractivity contribution in [3.05, 3.63) is 11.8 Å². The lowest BCUT2D eigenvalue weighted by atomic mass is 9.78. The van der Waals surface area contributed by atoms with Crippen molar-refractivity contribution in [2.45, 2.75) is 68.2 Å². The molecule has 2 aliphatic carbocycles. The van der Waals surface area contributed by atoms with Crippen LogP contribution >= 0.6 is 0 Å². The highest BCUT2D eigenvalue weighted by molar-refractivity contribution is 7.89. The van der Waals surface area contributed by atoms with Crippen molar-refractivity contribution >= 4 is 28.0 Å². The number of morpholine rings is 1. The highest BCUT2D eigenvalue weighted by Crippen LogP contribution is 2.40. The van der Waals surface area contributed by atoms with Crippen LogP contribution in [0.4, 0.5) is 11.8 Å². The van der Waals surface area contributed by atoms with Gasteiger partial charge in [0, 0.05) is 50.3 Å². The first-order valence-electron chi connectivity index (χ1n) is 12.1. The number of fused-ring (bicyclic) bond motifs is 1. The molecule has 2 saturated carbocycles. The average molecular weight is 478 g/mol. The van der Waals surface area contributed by atoms with Crippen molar-refractivity contribution < 1.29 is 13.2 Å². The van der Waals surface area contributed by atoms with Crippen LogP contribution in [0, 0.1) is 5.92 Å². The molecular formula is C22H35N7O3S. The van der Waals surface area contributed by atoms with E-state index >= 15 is 0 Å². The fourth-order valence-corrected chi connectivity index (χ4v) is 6.63. The summed E-state index contributed by atoms with van der Waals surface area (Å²) < 4.78 is 28.9. The molecule has 3 heterocycles. The van der Waals surface area contributed by atoms with E-state index < -0.39 is 15.3 Å². The van der Waals surface area contributed by atoms with Crippen LogP contribution in [0.5, 0.6) is 0 Å². The molecule has 10 nitrogen and oxygen atoms in total. The maximum Gasteiger partial charge on any atom is 0.227 e. The minimum atomic E-state index is -3.46. The van der Waals surface area contributed by atoms with Gasteiger partial charge in [-0.1, -0.05) is 0 Å². The third-order valence-corrected chi connectivity index (χ3v) is 9.13. The molecule has 0 bridgehead atoms. The van der Waals surface area contributed by atoms with Gasteiger partial charge in [0.05, 0.1) is 30.2 Å². The molecule has 1 saturated heterocycles. The van der Waals surface area contributed by atoms with Crippen LogP contribution < -0.4 is 15.4 Å². The van der Waals surface area contributed by atoms with Crippen LogP contribution in [0.1, 0.15) is 56.6 Å². The summed E-state index contributed by atoms with van der Waals surface area (Å²) in [5.41, 5.74) is 1.09. The van der Waals surface area contributed by atoms with Gasteiger partial charge in [0.25, 0.3) is 0 Å². The van der Waals surface area contributed by atoms with Gasteiger partial charge in [0.2, 0.25) is 16.0 Å². The van der Waals surface area contributed by atoms with Crippen molar-refractivity contribution in [3.8, 4) is 0 Å².